The average molecular weight is 441 g/mol. The third-order valence-corrected chi connectivity index (χ3v) is 5.06. The standard InChI is InChI=1S/C20H17BrN4O3/c21-14-5-1-12(2-6-14)18-10-25-16(11-28-18)9-17(24-25)20(27)23-15-7-3-13(4-8-15)19(22)26/h1-9,18H,10-11H2,(H2,22,26)(H,23,27)/t18-/m1/s1. The van der Waals surface area contributed by atoms with Gasteiger partial charge in [0.15, 0.2) is 5.69 Å². The Balaban J connectivity index is 1.47. The number of carbonyl (C=O) groups is 2. The number of rotatable bonds is 4. The van der Waals surface area contributed by atoms with E-state index in [1.165, 1.54) is 0 Å². The lowest BCUT2D eigenvalue weighted by molar-refractivity contribution is -0.00119. The second kappa shape index (κ2) is 7.57. The molecule has 1 aromatic heterocycles. The second-order valence-electron chi connectivity index (χ2n) is 6.45. The van der Waals surface area contributed by atoms with Gasteiger partial charge in [-0.1, -0.05) is 28.1 Å². The highest BCUT2D eigenvalue weighted by molar-refractivity contribution is 9.10. The van der Waals surface area contributed by atoms with Crippen molar-refractivity contribution < 1.29 is 14.3 Å². The summed E-state index contributed by atoms with van der Waals surface area (Å²) in [4.78, 5) is 23.6. The topological polar surface area (TPSA) is 99.2 Å². The van der Waals surface area contributed by atoms with Gasteiger partial charge >= 0.3 is 0 Å². The van der Waals surface area contributed by atoms with Crippen molar-refractivity contribution >= 4 is 33.4 Å². The number of hydrogen-bond acceptors (Lipinski definition) is 4. The first-order valence-corrected chi connectivity index (χ1v) is 9.44. The number of benzene rings is 2. The fourth-order valence-electron chi connectivity index (χ4n) is 3.03. The van der Waals surface area contributed by atoms with E-state index in [1.807, 2.05) is 24.3 Å². The van der Waals surface area contributed by atoms with Gasteiger partial charge in [-0.2, -0.15) is 5.10 Å². The second-order valence-corrected chi connectivity index (χ2v) is 7.37. The molecule has 3 aromatic rings. The summed E-state index contributed by atoms with van der Waals surface area (Å²) >= 11 is 3.43. The SMILES string of the molecule is NC(=O)c1ccc(NC(=O)c2cc3n(n2)C[C@H](c2ccc(Br)cc2)OC3)cc1. The Kier molecular flexibility index (Phi) is 4.97. The monoisotopic (exact) mass is 440 g/mol. The lowest BCUT2D eigenvalue weighted by Gasteiger charge is -2.24. The highest BCUT2D eigenvalue weighted by atomic mass is 79.9. The third-order valence-electron chi connectivity index (χ3n) is 4.54. The number of halogens is 1. The molecule has 1 aliphatic rings. The minimum absolute atomic E-state index is 0.113. The maximum Gasteiger partial charge on any atom is 0.276 e. The van der Waals surface area contributed by atoms with Gasteiger partial charge in [-0.25, -0.2) is 0 Å². The molecule has 2 heterocycles. The van der Waals surface area contributed by atoms with Crippen molar-refractivity contribution in [3.63, 3.8) is 0 Å². The molecular formula is C20H17BrN4O3. The van der Waals surface area contributed by atoms with E-state index in [-0.39, 0.29) is 12.0 Å². The number of nitrogens with zero attached hydrogens (tertiary/aromatic N) is 2. The van der Waals surface area contributed by atoms with Crippen LogP contribution in [0.1, 0.15) is 38.2 Å². The van der Waals surface area contributed by atoms with Crippen molar-refractivity contribution in [2.45, 2.75) is 19.3 Å². The fourth-order valence-corrected chi connectivity index (χ4v) is 3.29. The van der Waals surface area contributed by atoms with Gasteiger partial charge in [0.2, 0.25) is 5.91 Å². The Labute approximate surface area is 169 Å². The molecular weight excluding hydrogens is 424 g/mol. The maximum atomic E-state index is 12.5. The van der Waals surface area contributed by atoms with E-state index < -0.39 is 5.91 Å². The predicted molar refractivity (Wildman–Crippen MR) is 107 cm³/mol. The summed E-state index contributed by atoms with van der Waals surface area (Å²) < 4.78 is 8.74. The van der Waals surface area contributed by atoms with E-state index in [4.69, 9.17) is 10.5 Å². The van der Waals surface area contributed by atoms with Crippen LogP contribution in [0.2, 0.25) is 0 Å². The zero-order valence-corrected chi connectivity index (χ0v) is 16.3. The summed E-state index contributed by atoms with van der Waals surface area (Å²) in [5, 5.41) is 7.20. The number of aromatic nitrogens is 2. The maximum absolute atomic E-state index is 12.5. The molecule has 0 radical (unpaired) electrons. The third kappa shape index (κ3) is 3.83. The lowest BCUT2D eigenvalue weighted by Crippen LogP contribution is -2.22. The smallest absolute Gasteiger partial charge is 0.276 e. The van der Waals surface area contributed by atoms with E-state index in [2.05, 4.69) is 26.3 Å². The first-order chi connectivity index (χ1) is 13.5. The van der Waals surface area contributed by atoms with Gasteiger partial charge in [0.25, 0.3) is 5.91 Å². The Morgan fingerprint density at radius 2 is 1.86 bits per heavy atom. The van der Waals surface area contributed by atoms with E-state index in [0.717, 1.165) is 15.7 Å². The van der Waals surface area contributed by atoms with Gasteiger partial charge < -0.3 is 15.8 Å². The number of anilines is 1. The zero-order valence-electron chi connectivity index (χ0n) is 14.8. The van der Waals surface area contributed by atoms with Crippen LogP contribution in [0.3, 0.4) is 0 Å². The zero-order chi connectivity index (χ0) is 19.7. The molecule has 28 heavy (non-hydrogen) atoms. The van der Waals surface area contributed by atoms with Crippen molar-refractivity contribution in [3.05, 3.63) is 81.6 Å². The van der Waals surface area contributed by atoms with Crippen LogP contribution in [0.5, 0.6) is 0 Å². The normalized spacial score (nSPS) is 15.7. The van der Waals surface area contributed by atoms with Crippen molar-refractivity contribution in [3.8, 4) is 0 Å². The van der Waals surface area contributed by atoms with Crippen LogP contribution in [0, 0.1) is 0 Å². The lowest BCUT2D eigenvalue weighted by atomic mass is 10.1. The summed E-state index contributed by atoms with van der Waals surface area (Å²) in [6.07, 6.45) is -0.113. The van der Waals surface area contributed by atoms with Crippen LogP contribution < -0.4 is 11.1 Å². The van der Waals surface area contributed by atoms with Crippen LogP contribution in [0.25, 0.3) is 0 Å². The average Bonchev–Trinajstić information content (AvgIpc) is 3.12. The summed E-state index contributed by atoms with van der Waals surface area (Å²) in [7, 11) is 0. The molecule has 2 aromatic carbocycles. The first kappa shape index (κ1) is 18.4. The number of nitrogens with two attached hydrogens (primary N) is 1. The van der Waals surface area contributed by atoms with Crippen molar-refractivity contribution in [2.24, 2.45) is 5.73 Å². The molecule has 3 N–H and O–H groups in total. The van der Waals surface area contributed by atoms with Gasteiger partial charge in [0.05, 0.1) is 18.8 Å². The van der Waals surface area contributed by atoms with Gasteiger partial charge in [0, 0.05) is 15.7 Å². The molecule has 1 atom stereocenters. The molecule has 142 valence electrons. The van der Waals surface area contributed by atoms with E-state index in [9.17, 15) is 9.59 Å². The molecule has 0 unspecified atom stereocenters. The predicted octanol–water partition coefficient (Wildman–Crippen LogP) is 3.27. The van der Waals surface area contributed by atoms with E-state index in [1.54, 1.807) is 35.0 Å². The summed E-state index contributed by atoms with van der Waals surface area (Å²) in [5.41, 5.74) is 8.38. The molecule has 0 aliphatic carbocycles. The van der Waals surface area contributed by atoms with Crippen molar-refractivity contribution in [1.82, 2.24) is 9.78 Å². The molecule has 1 aliphatic heterocycles. The van der Waals surface area contributed by atoms with Gasteiger partial charge in [-0.05, 0) is 48.0 Å². The Morgan fingerprint density at radius 3 is 2.54 bits per heavy atom. The fraction of sp³-hybridized carbons (Fsp3) is 0.150. The Bertz CT molecular complexity index is 1030. The molecule has 0 spiro atoms. The molecule has 0 saturated carbocycles. The number of ether oxygens (including phenoxy) is 1. The van der Waals surface area contributed by atoms with Gasteiger partial charge in [-0.3, -0.25) is 14.3 Å². The van der Waals surface area contributed by atoms with Crippen molar-refractivity contribution in [2.75, 3.05) is 5.32 Å². The van der Waals surface area contributed by atoms with Gasteiger partial charge in [-0.15, -0.1) is 0 Å². The number of carbonyl (C=O) groups excluding carboxylic acids is 2. The van der Waals surface area contributed by atoms with E-state index in [0.29, 0.717) is 30.1 Å². The molecule has 0 fully saturated rings. The number of fused-ring (bicyclic) bond motifs is 1. The quantitative estimate of drug-likeness (QED) is 0.649. The minimum Gasteiger partial charge on any atom is -0.366 e. The molecule has 4 rings (SSSR count). The summed E-state index contributed by atoms with van der Waals surface area (Å²) in [6.45, 7) is 0.922. The molecule has 7 nitrogen and oxygen atoms in total. The number of amides is 2. The molecule has 2 amide bonds. The highest BCUT2D eigenvalue weighted by Crippen LogP contribution is 2.27. The summed E-state index contributed by atoms with van der Waals surface area (Å²) in [5.74, 6) is -0.839. The molecule has 8 heteroatoms. The number of hydrogen-bond donors (Lipinski definition) is 2. The minimum atomic E-state index is -0.514. The molecule has 0 saturated heterocycles. The van der Waals surface area contributed by atoms with Gasteiger partial charge in [0.1, 0.15) is 6.10 Å². The number of nitrogens with one attached hydrogen (secondary N) is 1. The van der Waals surface area contributed by atoms with Crippen LogP contribution in [-0.2, 0) is 17.9 Å². The van der Waals surface area contributed by atoms with Crippen LogP contribution in [-0.4, -0.2) is 21.6 Å². The van der Waals surface area contributed by atoms with E-state index >= 15 is 0 Å². The number of primary amides is 1. The van der Waals surface area contributed by atoms with Crippen LogP contribution in [0.4, 0.5) is 5.69 Å². The summed E-state index contributed by atoms with van der Waals surface area (Å²) in [6, 6.07) is 16.1. The van der Waals surface area contributed by atoms with Crippen molar-refractivity contribution in [1.29, 1.82) is 0 Å². The Hall–Kier alpha value is -2.97. The Morgan fingerprint density at radius 1 is 1.14 bits per heavy atom. The van der Waals surface area contributed by atoms with Crippen LogP contribution in [0.15, 0.2) is 59.1 Å². The molecule has 0 bridgehead atoms. The largest absolute Gasteiger partial charge is 0.366 e. The highest BCUT2D eigenvalue weighted by Gasteiger charge is 2.24. The first-order valence-electron chi connectivity index (χ1n) is 8.64. The van der Waals surface area contributed by atoms with Crippen LogP contribution >= 0.6 is 15.9 Å².